The summed E-state index contributed by atoms with van der Waals surface area (Å²) in [5, 5.41) is 30.7. The number of hydrogen-bond acceptors (Lipinski definition) is 6. The monoisotopic (exact) mass is 264 g/mol. The second-order valence-corrected chi connectivity index (χ2v) is 3.73. The molecular weight excluding hydrogens is 256 g/mol. The van der Waals surface area contributed by atoms with Gasteiger partial charge in [-0.1, -0.05) is 12.1 Å². The van der Waals surface area contributed by atoms with Crippen LogP contribution in [0.4, 0.5) is 5.69 Å². The number of H-pyrrole nitrogens is 1. The first kappa shape index (κ1) is 13.1. The van der Waals surface area contributed by atoms with E-state index in [1.54, 1.807) is 42.5 Å². The Hall–Kier alpha value is -3.32. The predicted molar refractivity (Wildman–Crippen MR) is 69.8 cm³/mol. The zero-order valence-electron chi connectivity index (χ0n) is 10.2. The van der Waals surface area contributed by atoms with Gasteiger partial charge in [-0.2, -0.15) is 25.9 Å². The molecular formula is C13H8N6O. The third-order valence-electron chi connectivity index (χ3n) is 2.38. The Morgan fingerprint density at radius 2 is 1.80 bits per heavy atom. The molecule has 0 fully saturated rings. The number of nitriles is 2. The minimum Gasteiger partial charge on any atom is -0.268 e. The average Bonchev–Trinajstić information content (AvgIpc) is 2.50. The highest BCUT2D eigenvalue weighted by Crippen LogP contribution is 2.20. The summed E-state index contributed by atoms with van der Waals surface area (Å²) in [6, 6.07) is 12.2. The molecule has 1 aromatic heterocycles. The molecule has 1 heterocycles. The normalized spacial score (nSPS) is 10.3. The van der Waals surface area contributed by atoms with Gasteiger partial charge in [-0.25, -0.2) is 5.10 Å². The molecule has 7 heteroatoms. The van der Waals surface area contributed by atoms with Gasteiger partial charge in [-0.05, 0) is 18.2 Å². The highest BCUT2D eigenvalue weighted by atomic mass is 16.1. The van der Waals surface area contributed by atoms with Gasteiger partial charge in [0.15, 0.2) is 0 Å². The lowest BCUT2D eigenvalue weighted by atomic mass is 10.1. The highest BCUT2D eigenvalue weighted by Gasteiger charge is 2.02. The Labute approximate surface area is 113 Å². The van der Waals surface area contributed by atoms with Crippen molar-refractivity contribution >= 4 is 5.69 Å². The number of hydrogen-bond donors (Lipinski definition) is 1. The Bertz CT molecular complexity index is 729. The van der Waals surface area contributed by atoms with Crippen molar-refractivity contribution in [3.05, 3.63) is 46.8 Å². The molecule has 0 aliphatic heterocycles. The molecule has 0 saturated heterocycles. The van der Waals surface area contributed by atoms with Crippen molar-refractivity contribution in [3.8, 4) is 23.4 Å². The molecule has 2 rings (SSSR count). The molecule has 7 nitrogen and oxygen atoms in total. The molecule has 0 radical (unpaired) electrons. The lowest BCUT2D eigenvalue weighted by molar-refractivity contribution is 0.949. The number of benzene rings is 1. The van der Waals surface area contributed by atoms with Crippen LogP contribution in [0, 0.1) is 22.7 Å². The summed E-state index contributed by atoms with van der Waals surface area (Å²) in [6.45, 7) is 0. The topological polar surface area (TPSA) is 118 Å². The number of aromatic amines is 1. The molecule has 0 spiro atoms. The van der Waals surface area contributed by atoms with E-state index in [0.29, 0.717) is 11.4 Å². The van der Waals surface area contributed by atoms with Gasteiger partial charge in [0.25, 0.3) is 5.56 Å². The van der Waals surface area contributed by atoms with E-state index in [4.69, 9.17) is 10.5 Å². The molecule has 0 aliphatic carbocycles. The first-order valence-electron chi connectivity index (χ1n) is 5.59. The molecule has 0 aliphatic rings. The van der Waals surface area contributed by atoms with Gasteiger partial charge >= 0.3 is 0 Å². The molecule has 1 aromatic carbocycles. The Morgan fingerprint density at radius 3 is 2.35 bits per heavy atom. The van der Waals surface area contributed by atoms with Crippen LogP contribution in [0.1, 0.15) is 0 Å². The fourth-order valence-electron chi connectivity index (χ4n) is 1.41. The van der Waals surface area contributed by atoms with Gasteiger partial charge in [-0.3, -0.25) is 4.79 Å². The SMILES string of the molecule is N#CC(C#N)N=Nc1ccc(-c2ccc(=O)[nH]n2)cc1. The summed E-state index contributed by atoms with van der Waals surface area (Å²) in [7, 11) is 0. The first-order valence-corrected chi connectivity index (χ1v) is 5.59. The summed E-state index contributed by atoms with van der Waals surface area (Å²) in [5.41, 5.74) is 1.68. The maximum atomic E-state index is 10.9. The number of azo groups is 1. The van der Waals surface area contributed by atoms with Gasteiger partial charge in [0.05, 0.1) is 11.4 Å². The van der Waals surface area contributed by atoms with Crippen LogP contribution in [-0.4, -0.2) is 16.2 Å². The lowest BCUT2D eigenvalue weighted by Crippen LogP contribution is -2.05. The van der Waals surface area contributed by atoms with E-state index in [-0.39, 0.29) is 5.56 Å². The van der Waals surface area contributed by atoms with Crippen molar-refractivity contribution in [2.75, 3.05) is 0 Å². The average molecular weight is 264 g/mol. The molecule has 1 N–H and O–H groups in total. The largest absolute Gasteiger partial charge is 0.268 e. The van der Waals surface area contributed by atoms with E-state index >= 15 is 0 Å². The summed E-state index contributed by atoms with van der Waals surface area (Å²) in [6.07, 6.45) is 0. The summed E-state index contributed by atoms with van der Waals surface area (Å²) >= 11 is 0. The van der Waals surface area contributed by atoms with Gasteiger partial charge in [-0.15, -0.1) is 0 Å². The van der Waals surface area contributed by atoms with Crippen molar-refractivity contribution in [2.24, 2.45) is 10.2 Å². The Balaban J connectivity index is 2.19. The minimum absolute atomic E-state index is 0.266. The Kier molecular flexibility index (Phi) is 3.95. The molecule has 0 atom stereocenters. The van der Waals surface area contributed by atoms with E-state index < -0.39 is 6.04 Å². The van der Waals surface area contributed by atoms with E-state index in [0.717, 1.165) is 5.56 Å². The molecule has 2 aromatic rings. The quantitative estimate of drug-likeness (QED) is 0.852. The summed E-state index contributed by atoms with van der Waals surface area (Å²) in [5.74, 6) is 0. The van der Waals surface area contributed by atoms with Crippen molar-refractivity contribution in [3.63, 3.8) is 0 Å². The van der Waals surface area contributed by atoms with Crippen molar-refractivity contribution in [1.29, 1.82) is 10.5 Å². The predicted octanol–water partition coefficient (Wildman–Crippen LogP) is 1.94. The van der Waals surface area contributed by atoms with Crippen molar-refractivity contribution in [2.45, 2.75) is 6.04 Å². The van der Waals surface area contributed by atoms with Gasteiger partial charge in [0.1, 0.15) is 12.1 Å². The second-order valence-electron chi connectivity index (χ2n) is 3.73. The smallest absolute Gasteiger partial charge is 0.264 e. The van der Waals surface area contributed by atoms with E-state index in [9.17, 15) is 4.79 Å². The molecule has 20 heavy (non-hydrogen) atoms. The zero-order valence-corrected chi connectivity index (χ0v) is 10.2. The molecule has 96 valence electrons. The molecule has 0 saturated carbocycles. The maximum absolute atomic E-state index is 10.9. The number of aromatic nitrogens is 2. The third-order valence-corrected chi connectivity index (χ3v) is 2.38. The number of nitrogens with one attached hydrogen (secondary N) is 1. The second kappa shape index (κ2) is 6.03. The summed E-state index contributed by atoms with van der Waals surface area (Å²) in [4.78, 5) is 10.9. The fourth-order valence-corrected chi connectivity index (χ4v) is 1.41. The van der Waals surface area contributed by atoms with Crippen LogP contribution in [-0.2, 0) is 0 Å². The van der Waals surface area contributed by atoms with E-state index in [2.05, 4.69) is 20.4 Å². The van der Waals surface area contributed by atoms with E-state index in [1.165, 1.54) is 6.07 Å². The molecule has 0 amide bonds. The number of nitrogens with zero attached hydrogens (tertiary/aromatic N) is 5. The van der Waals surface area contributed by atoms with E-state index in [1.807, 2.05) is 0 Å². The summed E-state index contributed by atoms with van der Waals surface area (Å²) < 4.78 is 0. The van der Waals surface area contributed by atoms with Crippen LogP contribution in [0.25, 0.3) is 11.3 Å². The Morgan fingerprint density at radius 1 is 1.10 bits per heavy atom. The number of rotatable bonds is 3. The van der Waals surface area contributed by atoms with Crippen LogP contribution in [0.3, 0.4) is 0 Å². The first-order chi connectivity index (χ1) is 9.72. The van der Waals surface area contributed by atoms with Gasteiger partial charge < -0.3 is 0 Å². The highest BCUT2D eigenvalue weighted by molar-refractivity contribution is 5.60. The van der Waals surface area contributed by atoms with Gasteiger partial charge in [0, 0.05) is 11.6 Å². The maximum Gasteiger partial charge on any atom is 0.264 e. The van der Waals surface area contributed by atoms with Crippen LogP contribution in [0.2, 0.25) is 0 Å². The third kappa shape index (κ3) is 3.12. The minimum atomic E-state index is -1.10. The molecule has 0 unspecified atom stereocenters. The van der Waals surface area contributed by atoms with Crippen molar-refractivity contribution < 1.29 is 0 Å². The van der Waals surface area contributed by atoms with Crippen LogP contribution in [0.5, 0.6) is 0 Å². The lowest BCUT2D eigenvalue weighted by Gasteiger charge is -1.99. The molecule has 0 bridgehead atoms. The fraction of sp³-hybridized carbons (Fsp3) is 0.0769. The zero-order chi connectivity index (χ0) is 14.4. The van der Waals surface area contributed by atoms with Gasteiger partial charge in [0.2, 0.25) is 6.04 Å². The van der Waals surface area contributed by atoms with Crippen molar-refractivity contribution in [1.82, 2.24) is 10.2 Å². The van der Waals surface area contributed by atoms with Crippen LogP contribution in [0.15, 0.2) is 51.4 Å². The van der Waals surface area contributed by atoms with Crippen LogP contribution < -0.4 is 5.56 Å². The standard InChI is InChI=1S/C13H8N6O/c14-7-11(8-15)17-16-10-3-1-9(2-4-10)12-5-6-13(20)19-18-12/h1-6,11H,(H,19,20). The van der Waals surface area contributed by atoms with Crippen LogP contribution >= 0.6 is 0 Å².